The first-order chi connectivity index (χ1) is 11.5. The highest BCUT2D eigenvalue weighted by Crippen LogP contribution is 2.24. The third-order valence-electron chi connectivity index (χ3n) is 4.03. The number of carbonyl (C=O) groups is 2. The van der Waals surface area contributed by atoms with Crippen LogP contribution in [-0.4, -0.2) is 58.2 Å². The lowest BCUT2D eigenvalue weighted by molar-refractivity contribution is 0.00604. The van der Waals surface area contributed by atoms with E-state index in [0.717, 1.165) is 6.07 Å². The Balaban J connectivity index is 2.11. The number of benzene rings is 1. The van der Waals surface area contributed by atoms with E-state index in [1.807, 2.05) is 6.92 Å². The standard InChI is InChI=1S/C18H25FN2O4/c1-11-8-13(22)9-14(19)15(11)16(23)21-7-6-20(10-12(21)2)17(24)25-18(3,4)5/h8-9,12,22H,6-7,10H2,1-5H3. The highest BCUT2D eigenvalue weighted by molar-refractivity contribution is 5.96. The van der Waals surface area contributed by atoms with Crippen molar-refractivity contribution < 1.29 is 23.8 Å². The van der Waals surface area contributed by atoms with Crippen LogP contribution in [0, 0.1) is 12.7 Å². The number of carbonyl (C=O) groups excluding carboxylic acids is 2. The van der Waals surface area contributed by atoms with E-state index in [2.05, 4.69) is 0 Å². The topological polar surface area (TPSA) is 70.1 Å². The lowest BCUT2D eigenvalue weighted by atomic mass is 10.0. The molecule has 0 aliphatic carbocycles. The fourth-order valence-electron chi connectivity index (χ4n) is 2.89. The molecule has 25 heavy (non-hydrogen) atoms. The van der Waals surface area contributed by atoms with Crippen molar-refractivity contribution in [1.82, 2.24) is 9.80 Å². The van der Waals surface area contributed by atoms with Gasteiger partial charge in [0.25, 0.3) is 5.91 Å². The minimum absolute atomic E-state index is 0.0460. The summed E-state index contributed by atoms with van der Waals surface area (Å²) in [5.41, 5.74) is -0.251. The van der Waals surface area contributed by atoms with Crippen LogP contribution in [0.4, 0.5) is 9.18 Å². The molecule has 6 nitrogen and oxygen atoms in total. The highest BCUT2D eigenvalue weighted by Gasteiger charge is 2.33. The molecule has 0 radical (unpaired) electrons. The molecule has 0 spiro atoms. The highest BCUT2D eigenvalue weighted by atomic mass is 19.1. The van der Waals surface area contributed by atoms with Gasteiger partial charge in [0, 0.05) is 31.7 Å². The molecule has 1 aromatic rings. The molecular formula is C18H25FN2O4. The summed E-state index contributed by atoms with van der Waals surface area (Å²) in [4.78, 5) is 28.0. The summed E-state index contributed by atoms with van der Waals surface area (Å²) in [6, 6.07) is 2.01. The van der Waals surface area contributed by atoms with E-state index in [1.165, 1.54) is 6.07 Å². The number of aromatic hydroxyl groups is 1. The molecule has 1 heterocycles. The normalized spacial score (nSPS) is 18.2. The van der Waals surface area contributed by atoms with E-state index >= 15 is 0 Å². The Morgan fingerprint density at radius 1 is 1.28 bits per heavy atom. The van der Waals surface area contributed by atoms with E-state index < -0.39 is 23.4 Å². The van der Waals surface area contributed by atoms with Crippen molar-refractivity contribution in [2.24, 2.45) is 0 Å². The Hall–Kier alpha value is -2.31. The molecule has 1 aliphatic heterocycles. The first-order valence-electron chi connectivity index (χ1n) is 8.27. The zero-order chi connectivity index (χ0) is 18.9. The lowest BCUT2D eigenvalue weighted by Crippen LogP contribution is -2.56. The van der Waals surface area contributed by atoms with Crippen molar-refractivity contribution in [2.75, 3.05) is 19.6 Å². The van der Waals surface area contributed by atoms with Crippen molar-refractivity contribution in [1.29, 1.82) is 0 Å². The van der Waals surface area contributed by atoms with Gasteiger partial charge in [-0.15, -0.1) is 0 Å². The molecule has 7 heteroatoms. The van der Waals surface area contributed by atoms with E-state index in [1.54, 1.807) is 37.5 Å². The van der Waals surface area contributed by atoms with Gasteiger partial charge >= 0.3 is 6.09 Å². The van der Waals surface area contributed by atoms with Gasteiger partial charge in [0.05, 0.1) is 5.56 Å². The molecule has 2 amide bonds. The average molecular weight is 352 g/mol. The molecule has 138 valence electrons. The van der Waals surface area contributed by atoms with Crippen molar-refractivity contribution in [2.45, 2.75) is 46.3 Å². The Kier molecular flexibility index (Phi) is 5.25. The number of phenolic OH excluding ortho intramolecular Hbond substituents is 1. The van der Waals surface area contributed by atoms with Crippen molar-refractivity contribution >= 4 is 12.0 Å². The molecule has 1 atom stereocenters. The van der Waals surface area contributed by atoms with Crippen molar-refractivity contribution in [3.63, 3.8) is 0 Å². The summed E-state index contributed by atoms with van der Waals surface area (Å²) < 4.78 is 19.5. The summed E-state index contributed by atoms with van der Waals surface area (Å²) in [6.07, 6.45) is -0.418. The Labute approximate surface area is 147 Å². The summed E-state index contributed by atoms with van der Waals surface area (Å²) in [7, 11) is 0. The van der Waals surface area contributed by atoms with E-state index in [-0.39, 0.29) is 17.4 Å². The van der Waals surface area contributed by atoms with Crippen molar-refractivity contribution in [3.8, 4) is 5.75 Å². The molecule has 0 bridgehead atoms. The third kappa shape index (κ3) is 4.41. The minimum atomic E-state index is -0.746. The fourth-order valence-corrected chi connectivity index (χ4v) is 2.89. The minimum Gasteiger partial charge on any atom is -0.508 e. The van der Waals surface area contributed by atoms with Crippen LogP contribution in [0.3, 0.4) is 0 Å². The summed E-state index contributed by atoms with van der Waals surface area (Å²) in [5, 5.41) is 9.43. The van der Waals surface area contributed by atoms with Crippen LogP contribution in [0.25, 0.3) is 0 Å². The first kappa shape index (κ1) is 19.0. The predicted molar refractivity (Wildman–Crippen MR) is 91.1 cm³/mol. The van der Waals surface area contributed by atoms with Crippen LogP contribution >= 0.6 is 0 Å². The maximum absolute atomic E-state index is 14.1. The first-order valence-corrected chi connectivity index (χ1v) is 8.27. The molecule has 1 N–H and O–H groups in total. The zero-order valence-corrected chi connectivity index (χ0v) is 15.3. The number of nitrogens with zero attached hydrogens (tertiary/aromatic N) is 2. The van der Waals surface area contributed by atoms with Crippen LogP contribution in [0.1, 0.15) is 43.6 Å². The maximum Gasteiger partial charge on any atom is 0.410 e. The van der Waals surface area contributed by atoms with Gasteiger partial charge in [-0.3, -0.25) is 4.79 Å². The Morgan fingerprint density at radius 3 is 2.44 bits per heavy atom. The van der Waals surface area contributed by atoms with Gasteiger partial charge in [-0.05, 0) is 46.2 Å². The van der Waals surface area contributed by atoms with Gasteiger partial charge in [-0.25, -0.2) is 9.18 Å². The number of hydrogen-bond acceptors (Lipinski definition) is 4. The van der Waals surface area contributed by atoms with Crippen LogP contribution in [-0.2, 0) is 4.74 Å². The quantitative estimate of drug-likeness (QED) is 0.844. The van der Waals surface area contributed by atoms with Gasteiger partial charge < -0.3 is 19.6 Å². The summed E-state index contributed by atoms with van der Waals surface area (Å²) in [6.45, 7) is 9.71. The number of amides is 2. The molecule has 1 aliphatic rings. The molecule has 1 unspecified atom stereocenters. The second kappa shape index (κ2) is 6.90. The summed E-state index contributed by atoms with van der Waals surface area (Å²) in [5.74, 6) is -1.40. The number of hydrogen-bond donors (Lipinski definition) is 1. The van der Waals surface area contributed by atoms with E-state index in [4.69, 9.17) is 4.74 Å². The maximum atomic E-state index is 14.1. The number of piperazine rings is 1. The van der Waals surface area contributed by atoms with Crippen LogP contribution < -0.4 is 0 Å². The number of halogens is 1. The van der Waals surface area contributed by atoms with Gasteiger partial charge in [0.15, 0.2) is 0 Å². The Bertz CT molecular complexity index is 661. The molecular weight excluding hydrogens is 327 g/mol. The largest absolute Gasteiger partial charge is 0.508 e. The second-order valence-corrected chi connectivity index (χ2v) is 7.39. The molecule has 1 saturated heterocycles. The molecule has 1 fully saturated rings. The molecule has 0 saturated carbocycles. The summed E-state index contributed by atoms with van der Waals surface area (Å²) >= 11 is 0. The van der Waals surface area contributed by atoms with Crippen molar-refractivity contribution in [3.05, 3.63) is 29.1 Å². The lowest BCUT2D eigenvalue weighted by Gasteiger charge is -2.40. The average Bonchev–Trinajstić information content (AvgIpc) is 2.43. The molecule has 2 rings (SSSR count). The van der Waals surface area contributed by atoms with E-state index in [9.17, 15) is 19.1 Å². The smallest absolute Gasteiger partial charge is 0.410 e. The Morgan fingerprint density at radius 2 is 1.92 bits per heavy atom. The van der Waals surface area contributed by atoms with Gasteiger partial charge in [0.1, 0.15) is 17.2 Å². The second-order valence-electron chi connectivity index (χ2n) is 7.39. The fraction of sp³-hybridized carbons (Fsp3) is 0.556. The predicted octanol–water partition coefficient (Wildman–Crippen LogP) is 2.92. The zero-order valence-electron chi connectivity index (χ0n) is 15.3. The van der Waals surface area contributed by atoms with Crippen LogP contribution in [0.5, 0.6) is 5.75 Å². The molecule has 1 aromatic carbocycles. The number of phenols is 1. The number of aryl methyl sites for hydroxylation is 1. The van der Waals surface area contributed by atoms with Gasteiger partial charge in [0.2, 0.25) is 0 Å². The number of ether oxygens (including phenoxy) is 1. The SMILES string of the molecule is Cc1cc(O)cc(F)c1C(=O)N1CCN(C(=O)OC(C)(C)C)CC1C. The van der Waals surface area contributed by atoms with Gasteiger partial charge in [-0.1, -0.05) is 0 Å². The number of rotatable bonds is 1. The van der Waals surface area contributed by atoms with Crippen LogP contribution in [0.2, 0.25) is 0 Å². The monoisotopic (exact) mass is 352 g/mol. The third-order valence-corrected chi connectivity index (χ3v) is 4.03. The molecule has 0 aromatic heterocycles. The van der Waals surface area contributed by atoms with E-state index in [0.29, 0.717) is 25.2 Å². The van der Waals surface area contributed by atoms with Gasteiger partial charge in [-0.2, -0.15) is 0 Å². The van der Waals surface area contributed by atoms with Crippen LogP contribution in [0.15, 0.2) is 12.1 Å².